The number of rotatable bonds is 3. The number of hydrogen-bond donors (Lipinski definition) is 1. The average Bonchev–Trinajstić information content (AvgIpc) is 2.59. The minimum Gasteiger partial charge on any atom is -0.506 e. The van der Waals surface area contributed by atoms with Gasteiger partial charge >= 0.3 is 0 Å². The van der Waals surface area contributed by atoms with Gasteiger partial charge in [0.2, 0.25) is 5.91 Å². The molecular formula is C17H17ClN2O3. The molecule has 1 aliphatic heterocycles. The van der Waals surface area contributed by atoms with Crippen LogP contribution < -0.4 is 0 Å². The van der Waals surface area contributed by atoms with Gasteiger partial charge in [-0.1, -0.05) is 23.7 Å². The Morgan fingerprint density at radius 3 is 3.04 bits per heavy atom. The molecule has 120 valence electrons. The molecule has 2 aromatic rings. The number of aromatic hydroxyl groups is 1. The summed E-state index contributed by atoms with van der Waals surface area (Å²) in [5, 5.41) is 9.69. The number of ether oxygens (including phenoxy) is 1. The van der Waals surface area contributed by atoms with Crippen LogP contribution in [0.1, 0.15) is 17.2 Å². The minimum atomic E-state index is -0.148. The van der Waals surface area contributed by atoms with Crippen molar-refractivity contribution in [2.45, 2.75) is 12.5 Å². The van der Waals surface area contributed by atoms with Crippen molar-refractivity contribution in [2.24, 2.45) is 0 Å². The van der Waals surface area contributed by atoms with Crippen LogP contribution in [-0.2, 0) is 16.0 Å². The summed E-state index contributed by atoms with van der Waals surface area (Å²) in [6.07, 6.45) is 3.58. The molecule has 23 heavy (non-hydrogen) atoms. The fourth-order valence-corrected chi connectivity index (χ4v) is 2.79. The van der Waals surface area contributed by atoms with E-state index in [2.05, 4.69) is 4.98 Å². The first-order valence-electron chi connectivity index (χ1n) is 7.40. The van der Waals surface area contributed by atoms with Crippen molar-refractivity contribution < 1.29 is 14.6 Å². The van der Waals surface area contributed by atoms with Crippen LogP contribution in [0.2, 0.25) is 5.02 Å². The summed E-state index contributed by atoms with van der Waals surface area (Å²) in [4.78, 5) is 18.4. The number of carbonyl (C=O) groups is 1. The van der Waals surface area contributed by atoms with Crippen LogP contribution in [0.5, 0.6) is 5.75 Å². The molecule has 0 spiro atoms. The largest absolute Gasteiger partial charge is 0.506 e. The maximum atomic E-state index is 12.5. The van der Waals surface area contributed by atoms with Gasteiger partial charge in [0.1, 0.15) is 11.9 Å². The molecule has 0 aliphatic carbocycles. The van der Waals surface area contributed by atoms with Crippen molar-refractivity contribution in [1.29, 1.82) is 0 Å². The van der Waals surface area contributed by atoms with Crippen molar-refractivity contribution >= 4 is 17.5 Å². The number of morpholine rings is 1. The molecular weight excluding hydrogens is 316 g/mol. The van der Waals surface area contributed by atoms with Gasteiger partial charge in [-0.25, -0.2) is 0 Å². The molecule has 1 aliphatic rings. The monoisotopic (exact) mass is 332 g/mol. The minimum absolute atomic E-state index is 0.0175. The van der Waals surface area contributed by atoms with Gasteiger partial charge in [-0.3, -0.25) is 9.78 Å². The first-order chi connectivity index (χ1) is 11.1. The third kappa shape index (κ3) is 3.81. The zero-order valence-electron chi connectivity index (χ0n) is 12.5. The SMILES string of the molecule is O=C(Cc1ccc(O)c(Cl)c1)N1CCO[C@@H](c2cccnc2)C1. The van der Waals surface area contributed by atoms with E-state index in [0.717, 1.165) is 11.1 Å². The molecule has 1 saturated heterocycles. The molecule has 2 heterocycles. The van der Waals surface area contributed by atoms with E-state index in [1.165, 1.54) is 6.07 Å². The lowest BCUT2D eigenvalue weighted by atomic mass is 10.1. The third-order valence-electron chi connectivity index (χ3n) is 3.84. The first-order valence-corrected chi connectivity index (χ1v) is 7.78. The van der Waals surface area contributed by atoms with Gasteiger partial charge in [0.15, 0.2) is 0 Å². The highest BCUT2D eigenvalue weighted by atomic mass is 35.5. The summed E-state index contributed by atoms with van der Waals surface area (Å²) in [5.41, 5.74) is 1.75. The number of benzene rings is 1. The number of phenolic OH excluding ortho intramolecular Hbond substituents is 1. The summed E-state index contributed by atoms with van der Waals surface area (Å²) >= 11 is 5.88. The van der Waals surface area contributed by atoms with E-state index in [1.807, 2.05) is 12.1 Å². The number of halogens is 1. The number of phenols is 1. The zero-order valence-corrected chi connectivity index (χ0v) is 13.2. The first kappa shape index (κ1) is 15.8. The van der Waals surface area contributed by atoms with Crippen LogP contribution in [0.15, 0.2) is 42.7 Å². The molecule has 0 radical (unpaired) electrons. The summed E-state index contributed by atoms with van der Waals surface area (Å²) in [7, 11) is 0. The molecule has 5 nitrogen and oxygen atoms in total. The number of carbonyl (C=O) groups excluding carboxylic acids is 1. The Hall–Kier alpha value is -2.11. The van der Waals surface area contributed by atoms with Crippen molar-refractivity contribution in [1.82, 2.24) is 9.88 Å². The molecule has 1 aromatic heterocycles. The van der Waals surface area contributed by atoms with Gasteiger partial charge in [-0.15, -0.1) is 0 Å². The fourth-order valence-electron chi connectivity index (χ4n) is 2.59. The molecule has 1 amide bonds. The highest BCUT2D eigenvalue weighted by Gasteiger charge is 2.25. The predicted molar refractivity (Wildman–Crippen MR) is 86.3 cm³/mol. The zero-order chi connectivity index (χ0) is 16.2. The van der Waals surface area contributed by atoms with Crippen LogP contribution in [0, 0.1) is 0 Å². The summed E-state index contributed by atoms with van der Waals surface area (Å²) in [5.74, 6) is 0.0369. The number of amides is 1. The average molecular weight is 333 g/mol. The van der Waals surface area contributed by atoms with Crippen molar-refractivity contribution in [3.63, 3.8) is 0 Å². The Bertz CT molecular complexity index is 693. The third-order valence-corrected chi connectivity index (χ3v) is 4.15. The Morgan fingerprint density at radius 2 is 2.30 bits per heavy atom. The molecule has 1 N–H and O–H groups in total. The second kappa shape index (κ2) is 6.98. The second-order valence-corrected chi connectivity index (χ2v) is 5.86. The molecule has 0 bridgehead atoms. The van der Waals surface area contributed by atoms with E-state index < -0.39 is 0 Å². The molecule has 6 heteroatoms. The Balaban J connectivity index is 1.66. The number of pyridine rings is 1. The van der Waals surface area contributed by atoms with Crippen molar-refractivity contribution in [2.75, 3.05) is 19.7 Å². The lowest BCUT2D eigenvalue weighted by Gasteiger charge is -2.33. The lowest BCUT2D eigenvalue weighted by Crippen LogP contribution is -2.43. The van der Waals surface area contributed by atoms with E-state index >= 15 is 0 Å². The summed E-state index contributed by atoms with van der Waals surface area (Å²) < 4.78 is 5.74. The number of nitrogens with zero attached hydrogens (tertiary/aromatic N) is 2. The second-order valence-electron chi connectivity index (χ2n) is 5.45. The number of aromatic nitrogens is 1. The molecule has 1 fully saturated rings. The summed E-state index contributed by atoms with van der Waals surface area (Å²) in [6, 6.07) is 8.64. The maximum absolute atomic E-state index is 12.5. The van der Waals surface area contributed by atoms with E-state index in [0.29, 0.717) is 19.7 Å². The van der Waals surface area contributed by atoms with Gasteiger partial charge in [-0.2, -0.15) is 0 Å². The molecule has 3 rings (SSSR count). The smallest absolute Gasteiger partial charge is 0.227 e. The maximum Gasteiger partial charge on any atom is 0.227 e. The molecule has 0 saturated carbocycles. The quantitative estimate of drug-likeness (QED) is 0.938. The fraction of sp³-hybridized carbons (Fsp3) is 0.294. The van der Waals surface area contributed by atoms with E-state index in [4.69, 9.17) is 16.3 Å². The van der Waals surface area contributed by atoms with Gasteiger partial charge in [0.25, 0.3) is 0 Å². The molecule has 1 aromatic carbocycles. The normalized spacial score (nSPS) is 18.0. The van der Waals surface area contributed by atoms with Crippen molar-refractivity contribution in [3.05, 3.63) is 58.9 Å². The highest BCUT2D eigenvalue weighted by molar-refractivity contribution is 6.32. The van der Waals surface area contributed by atoms with Crippen LogP contribution in [-0.4, -0.2) is 40.6 Å². The van der Waals surface area contributed by atoms with E-state index in [1.54, 1.807) is 29.4 Å². The molecule has 1 atom stereocenters. The van der Waals surface area contributed by atoms with Gasteiger partial charge in [0.05, 0.1) is 24.6 Å². The topological polar surface area (TPSA) is 62.7 Å². The van der Waals surface area contributed by atoms with Crippen molar-refractivity contribution in [3.8, 4) is 5.75 Å². The van der Waals surface area contributed by atoms with E-state index in [9.17, 15) is 9.90 Å². The Kier molecular flexibility index (Phi) is 4.79. The van der Waals surface area contributed by atoms with Crippen LogP contribution in [0.3, 0.4) is 0 Å². The lowest BCUT2D eigenvalue weighted by molar-refractivity contribution is -0.138. The standard InChI is InChI=1S/C17H17ClN2O3/c18-14-8-12(3-4-15(14)21)9-17(22)20-6-7-23-16(11-20)13-2-1-5-19-10-13/h1-5,8,10,16,21H,6-7,9,11H2/t16-/m1/s1. The Morgan fingerprint density at radius 1 is 1.43 bits per heavy atom. The van der Waals surface area contributed by atoms with E-state index in [-0.39, 0.29) is 29.2 Å². The van der Waals surface area contributed by atoms with Crippen LogP contribution in [0.25, 0.3) is 0 Å². The predicted octanol–water partition coefficient (Wildman–Crippen LogP) is 2.58. The van der Waals surface area contributed by atoms with Crippen LogP contribution in [0.4, 0.5) is 0 Å². The van der Waals surface area contributed by atoms with Crippen LogP contribution >= 0.6 is 11.6 Å². The summed E-state index contributed by atoms with van der Waals surface area (Å²) in [6.45, 7) is 1.58. The van der Waals surface area contributed by atoms with Gasteiger partial charge < -0.3 is 14.7 Å². The van der Waals surface area contributed by atoms with Gasteiger partial charge in [0, 0.05) is 24.5 Å². The van der Waals surface area contributed by atoms with Gasteiger partial charge in [-0.05, 0) is 23.8 Å². The highest BCUT2D eigenvalue weighted by Crippen LogP contribution is 2.25. The Labute approximate surface area is 139 Å². The molecule has 0 unspecified atom stereocenters. The number of hydrogen-bond acceptors (Lipinski definition) is 4.